The zero-order valence-electron chi connectivity index (χ0n) is 6.42. The van der Waals surface area contributed by atoms with Gasteiger partial charge in [-0.1, -0.05) is 0 Å². The first-order valence-corrected chi connectivity index (χ1v) is 4.02. The van der Waals surface area contributed by atoms with E-state index in [0.717, 1.165) is 0 Å². The summed E-state index contributed by atoms with van der Waals surface area (Å²) >= 11 is 5.03. The van der Waals surface area contributed by atoms with Crippen molar-refractivity contribution in [2.75, 3.05) is 13.2 Å². The van der Waals surface area contributed by atoms with Gasteiger partial charge < -0.3 is 9.47 Å². The van der Waals surface area contributed by atoms with Crippen LogP contribution in [0.5, 0.6) is 0 Å². The Hall–Kier alpha value is -0.610. The van der Waals surface area contributed by atoms with Crippen molar-refractivity contribution in [1.82, 2.24) is 0 Å². The van der Waals surface area contributed by atoms with Crippen molar-refractivity contribution < 1.29 is 19.1 Å². The van der Waals surface area contributed by atoms with Crippen LogP contribution in [0.2, 0.25) is 0 Å². The van der Waals surface area contributed by atoms with E-state index in [1.54, 1.807) is 0 Å². The predicted molar refractivity (Wildman–Crippen MR) is 40.8 cm³/mol. The SMILES string of the molecule is O=C(Cl)CCC(=O)OC1COC1. The molecule has 1 rings (SSSR count). The van der Waals surface area contributed by atoms with Crippen LogP contribution in [-0.2, 0) is 19.1 Å². The Labute approximate surface area is 74.8 Å². The molecule has 0 aromatic rings. The number of rotatable bonds is 4. The standard InChI is InChI=1S/C7H9ClO4/c8-6(9)1-2-7(10)12-5-3-11-4-5/h5H,1-4H2. The van der Waals surface area contributed by atoms with E-state index in [4.69, 9.17) is 21.1 Å². The monoisotopic (exact) mass is 192 g/mol. The second kappa shape index (κ2) is 4.42. The van der Waals surface area contributed by atoms with Gasteiger partial charge in [0.1, 0.15) is 6.10 Å². The zero-order valence-corrected chi connectivity index (χ0v) is 7.17. The highest BCUT2D eigenvalue weighted by molar-refractivity contribution is 6.63. The summed E-state index contributed by atoms with van der Waals surface area (Å²) in [6.07, 6.45) is -0.0322. The van der Waals surface area contributed by atoms with E-state index in [2.05, 4.69) is 0 Å². The first-order valence-electron chi connectivity index (χ1n) is 3.64. The second-order valence-electron chi connectivity index (χ2n) is 2.50. The molecular weight excluding hydrogens is 184 g/mol. The van der Waals surface area contributed by atoms with Crippen LogP contribution in [0.1, 0.15) is 12.8 Å². The molecule has 1 fully saturated rings. The minimum absolute atomic E-state index is 0.0357. The zero-order chi connectivity index (χ0) is 8.97. The highest BCUT2D eigenvalue weighted by atomic mass is 35.5. The van der Waals surface area contributed by atoms with Gasteiger partial charge in [0.2, 0.25) is 5.24 Å². The predicted octanol–water partition coefficient (Wildman–Crippen LogP) is 0.474. The highest BCUT2D eigenvalue weighted by Crippen LogP contribution is 2.07. The molecule has 68 valence electrons. The normalized spacial score (nSPS) is 16.8. The molecule has 0 bridgehead atoms. The van der Waals surface area contributed by atoms with Gasteiger partial charge in [-0.2, -0.15) is 0 Å². The van der Waals surface area contributed by atoms with E-state index in [-0.39, 0.29) is 18.9 Å². The minimum Gasteiger partial charge on any atom is -0.457 e. The number of hydrogen-bond acceptors (Lipinski definition) is 4. The Balaban J connectivity index is 2.06. The summed E-state index contributed by atoms with van der Waals surface area (Å²) in [5.74, 6) is -0.391. The molecule has 1 saturated heterocycles. The number of carbonyl (C=O) groups is 2. The number of hydrogen-bond donors (Lipinski definition) is 0. The smallest absolute Gasteiger partial charge is 0.306 e. The molecule has 0 aromatic carbocycles. The Morgan fingerprint density at radius 3 is 2.50 bits per heavy atom. The molecule has 0 unspecified atom stereocenters. The summed E-state index contributed by atoms with van der Waals surface area (Å²) in [5, 5.41) is -0.517. The van der Waals surface area contributed by atoms with Gasteiger partial charge in [0.05, 0.1) is 19.6 Å². The molecule has 0 aromatic heterocycles. The van der Waals surface area contributed by atoms with E-state index in [0.29, 0.717) is 13.2 Å². The maximum atomic E-state index is 10.9. The van der Waals surface area contributed by atoms with Crippen molar-refractivity contribution in [3.8, 4) is 0 Å². The van der Waals surface area contributed by atoms with Gasteiger partial charge in [-0.3, -0.25) is 9.59 Å². The summed E-state index contributed by atoms with van der Waals surface area (Å²) in [5.41, 5.74) is 0. The van der Waals surface area contributed by atoms with E-state index in [9.17, 15) is 9.59 Å². The van der Waals surface area contributed by atoms with Crippen LogP contribution in [0.15, 0.2) is 0 Å². The lowest BCUT2D eigenvalue weighted by Gasteiger charge is -2.25. The van der Waals surface area contributed by atoms with Crippen molar-refractivity contribution >= 4 is 22.8 Å². The molecule has 1 heterocycles. The Bertz CT molecular complexity index is 188. The lowest BCUT2D eigenvalue weighted by Crippen LogP contribution is -2.37. The van der Waals surface area contributed by atoms with Crippen LogP contribution >= 0.6 is 11.6 Å². The lowest BCUT2D eigenvalue weighted by atomic mass is 10.3. The summed E-state index contributed by atoms with van der Waals surface area (Å²) in [4.78, 5) is 21.1. The average molecular weight is 193 g/mol. The van der Waals surface area contributed by atoms with E-state index in [1.165, 1.54) is 0 Å². The molecule has 0 atom stereocenters. The molecule has 1 aliphatic heterocycles. The summed E-state index contributed by atoms with van der Waals surface area (Å²) in [6, 6.07) is 0. The van der Waals surface area contributed by atoms with E-state index in [1.807, 2.05) is 0 Å². The Morgan fingerprint density at radius 2 is 2.08 bits per heavy atom. The molecule has 0 radical (unpaired) electrons. The van der Waals surface area contributed by atoms with Crippen LogP contribution in [0.4, 0.5) is 0 Å². The van der Waals surface area contributed by atoms with Gasteiger partial charge in [-0.05, 0) is 11.6 Å². The van der Waals surface area contributed by atoms with Gasteiger partial charge >= 0.3 is 5.97 Å². The van der Waals surface area contributed by atoms with Crippen LogP contribution in [0.25, 0.3) is 0 Å². The summed E-state index contributed by atoms with van der Waals surface area (Å²) in [6.45, 7) is 0.918. The molecular formula is C7H9ClO4. The van der Waals surface area contributed by atoms with Crippen LogP contribution in [0.3, 0.4) is 0 Å². The average Bonchev–Trinajstić information content (AvgIpc) is 1.93. The topological polar surface area (TPSA) is 52.6 Å². The molecule has 4 nitrogen and oxygen atoms in total. The maximum Gasteiger partial charge on any atom is 0.306 e. The third-order valence-electron chi connectivity index (χ3n) is 1.43. The summed E-state index contributed by atoms with van der Waals surface area (Å²) < 4.78 is 9.65. The first-order chi connectivity index (χ1) is 5.68. The Kier molecular flexibility index (Phi) is 3.49. The summed E-state index contributed by atoms with van der Waals surface area (Å²) in [7, 11) is 0. The quantitative estimate of drug-likeness (QED) is 0.480. The molecule has 0 amide bonds. The van der Waals surface area contributed by atoms with E-state index < -0.39 is 11.2 Å². The molecule has 0 N–H and O–H groups in total. The number of halogens is 1. The first kappa shape index (κ1) is 9.48. The van der Waals surface area contributed by atoms with Gasteiger partial charge in [0.25, 0.3) is 0 Å². The van der Waals surface area contributed by atoms with Crippen molar-refractivity contribution in [1.29, 1.82) is 0 Å². The van der Waals surface area contributed by atoms with Gasteiger partial charge in [-0.25, -0.2) is 0 Å². The minimum atomic E-state index is -0.517. The van der Waals surface area contributed by atoms with Crippen molar-refractivity contribution in [2.45, 2.75) is 18.9 Å². The second-order valence-corrected chi connectivity index (χ2v) is 2.93. The fourth-order valence-corrected chi connectivity index (χ4v) is 0.822. The third kappa shape index (κ3) is 3.19. The fourth-order valence-electron chi connectivity index (χ4n) is 0.727. The highest BCUT2D eigenvalue weighted by Gasteiger charge is 2.22. The molecule has 0 spiro atoms. The van der Waals surface area contributed by atoms with Crippen LogP contribution in [-0.4, -0.2) is 30.5 Å². The number of esters is 1. The third-order valence-corrected chi connectivity index (χ3v) is 1.62. The van der Waals surface area contributed by atoms with E-state index >= 15 is 0 Å². The Morgan fingerprint density at radius 1 is 1.42 bits per heavy atom. The fraction of sp³-hybridized carbons (Fsp3) is 0.714. The molecule has 12 heavy (non-hydrogen) atoms. The maximum absolute atomic E-state index is 10.9. The van der Waals surface area contributed by atoms with Crippen molar-refractivity contribution in [3.63, 3.8) is 0 Å². The molecule has 5 heteroatoms. The van der Waals surface area contributed by atoms with Crippen LogP contribution < -0.4 is 0 Å². The molecule has 0 saturated carbocycles. The molecule has 1 aliphatic rings. The van der Waals surface area contributed by atoms with Crippen molar-refractivity contribution in [3.05, 3.63) is 0 Å². The van der Waals surface area contributed by atoms with Gasteiger partial charge in [0, 0.05) is 6.42 Å². The van der Waals surface area contributed by atoms with Gasteiger partial charge in [-0.15, -0.1) is 0 Å². The number of carbonyl (C=O) groups excluding carboxylic acids is 2. The molecule has 0 aliphatic carbocycles. The largest absolute Gasteiger partial charge is 0.457 e. The lowest BCUT2D eigenvalue weighted by molar-refractivity contribution is -0.172. The van der Waals surface area contributed by atoms with Gasteiger partial charge in [0.15, 0.2) is 0 Å². The van der Waals surface area contributed by atoms with Crippen molar-refractivity contribution in [2.24, 2.45) is 0 Å². The van der Waals surface area contributed by atoms with Crippen LogP contribution in [0, 0.1) is 0 Å². The number of ether oxygens (including phenoxy) is 2.